The van der Waals surface area contributed by atoms with Crippen molar-refractivity contribution in [3.05, 3.63) is 34.2 Å². The largest absolute Gasteiger partial charge is 0.252 e. The fourth-order valence-corrected chi connectivity index (χ4v) is 1.63. The Morgan fingerprint density at radius 3 is 3.19 bits per heavy atom. The number of fused-ring (bicyclic) bond motifs is 1. The first-order chi connectivity index (χ1) is 7.86. The number of nitrogens with zero attached hydrogens (tertiary/aromatic N) is 7. The van der Waals surface area contributed by atoms with E-state index in [1.807, 2.05) is 12.4 Å². The first kappa shape index (κ1) is 9.11. The Bertz CT molecular complexity index is 577. The summed E-state index contributed by atoms with van der Waals surface area (Å²) in [5.74, 6) is 1.69. The standard InChI is InChI=1S/C9H9N7/c10-15-12-4-8-13-9-11-3-7(6-1-2-6)5-16(9)14-8/h3,5-6H,1-2,4H2. The van der Waals surface area contributed by atoms with Gasteiger partial charge in [0.15, 0.2) is 5.82 Å². The molecule has 7 heteroatoms. The summed E-state index contributed by atoms with van der Waals surface area (Å²) < 4.78 is 1.65. The molecule has 0 radical (unpaired) electrons. The van der Waals surface area contributed by atoms with E-state index in [2.05, 4.69) is 25.1 Å². The van der Waals surface area contributed by atoms with E-state index in [0.29, 0.717) is 17.5 Å². The second-order valence-electron chi connectivity index (χ2n) is 3.82. The minimum atomic E-state index is 0.165. The van der Waals surface area contributed by atoms with Gasteiger partial charge in [0.2, 0.25) is 0 Å². The third kappa shape index (κ3) is 1.57. The van der Waals surface area contributed by atoms with E-state index in [0.717, 1.165) is 0 Å². The van der Waals surface area contributed by atoms with Crippen molar-refractivity contribution in [2.75, 3.05) is 0 Å². The number of azide groups is 1. The lowest BCUT2D eigenvalue weighted by Crippen LogP contribution is -1.93. The van der Waals surface area contributed by atoms with Crippen molar-refractivity contribution < 1.29 is 0 Å². The smallest absolute Gasteiger partial charge is 0.219 e. The van der Waals surface area contributed by atoms with E-state index in [1.54, 1.807) is 4.52 Å². The summed E-state index contributed by atoms with van der Waals surface area (Å²) in [4.78, 5) is 11.0. The summed E-state index contributed by atoms with van der Waals surface area (Å²) in [6, 6.07) is 0. The minimum absolute atomic E-state index is 0.165. The number of rotatable bonds is 3. The van der Waals surface area contributed by atoms with Gasteiger partial charge in [0.25, 0.3) is 5.78 Å². The second-order valence-corrected chi connectivity index (χ2v) is 3.82. The van der Waals surface area contributed by atoms with E-state index in [1.165, 1.54) is 18.4 Å². The third-order valence-corrected chi connectivity index (χ3v) is 2.58. The zero-order chi connectivity index (χ0) is 11.0. The summed E-state index contributed by atoms with van der Waals surface area (Å²) >= 11 is 0. The molecule has 1 saturated carbocycles. The summed E-state index contributed by atoms with van der Waals surface area (Å²) in [5, 5.41) is 7.62. The first-order valence-electron chi connectivity index (χ1n) is 5.09. The normalized spacial score (nSPS) is 15.0. The van der Waals surface area contributed by atoms with Crippen LogP contribution in [-0.4, -0.2) is 19.6 Å². The van der Waals surface area contributed by atoms with Crippen LogP contribution in [0.25, 0.3) is 16.2 Å². The third-order valence-electron chi connectivity index (χ3n) is 2.58. The maximum absolute atomic E-state index is 8.21. The lowest BCUT2D eigenvalue weighted by molar-refractivity contribution is 0.849. The Morgan fingerprint density at radius 2 is 2.44 bits per heavy atom. The summed E-state index contributed by atoms with van der Waals surface area (Å²) in [5.41, 5.74) is 9.41. The highest BCUT2D eigenvalue weighted by Gasteiger charge is 2.24. The molecule has 0 bridgehead atoms. The molecule has 0 N–H and O–H groups in total. The number of hydrogen-bond donors (Lipinski definition) is 0. The molecule has 0 aliphatic heterocycles. The van der Waals surface area contributed by atoms with Gasteiger partial charge in [-0.05, 0) is 29.9 Å². The van der Waals surface area contributed by atoms with Crippen LogP contribution in [0.1, 0.15) is 30.1 Å². The molecule has 2 aromatic heterocycles. The van der Waals surface area contributed by atoms with E-state index in [4.69, 9.17) is 5.53 Å². The molecule has 16 heavy (non-hydrogen) atoms. The molecule has 1 aliphatic rings. The average molecular weight is 215 g/mol. The van der Waals surface area contributed by atoms with Crippen molar-refractivity contribution >= 4 is 5.78 Å². The molecule has 7 nitrogen and oxygen atoms in total. The van der Waals surface area contributed by atoms with Gasteiger partial charge in [0, 0.05) is 17.3 Å². The van der Waals surface area contributed by atoms with Crippen molar-refractivity contribution in [2.24, 2.45) is 5.11 Å². The van der Waals surface area contributed by atoms with Crippen molar-refractivity contribution in [3.8, 4) is 0 Å². The molecule has 2 aromatic rings. The predicted molar refractivity (Wildman–Crippen MR) is 55.6 cm³/mol. The van der Waals surface area contributed by atoms with Crippen LogP contribution in [0.2, 0.25) is 0 Å². The molecule has 2 heterocycles. The van der Waals surface area contributed by atoms with Crippen LogP contribution in [0.3, 0.4) is 0 Å². The number of hydrogen-bond acceptors (Lipinski definition) is 4. The molecular formula is C9H9N7. The van der Waals surface area contributed by atoms with Gasteiger partial charge in [-0.25, -0.2) is 9.50 Å². The van der Waals surface area contributed by atoms with Gasteiger partial charge in [-0.1, -0.05) is 5.11 Å². The van der Waals surface area contributed by atoms with Crippen LogP contribution in [0, 0.1) is 0 Å². The molecule has 0 amide bonds. The van der Waals surface area contributed by atoms with Crippen LogP contribution in [-0.2, 0) is 6.54 Å². The quantitative estimate of drug-likeness (QED) is 0.444. The average Bonchev–Trinajstić information content (AvgIpc) is 3.06. The lowest BCUT2D eigenvalue weighted by Gasteiger charge is -1.95. The van der Waals surface area contributed by atoms with Gasteiger partial charge in [0.05, 0.1) is 6.54 Å². The van der Waals surface area contributed by atoms with Crippen LogP contribution in [0.5, 0.6) is 0 Å². The highest BCUT2D eigenvalue weighted by molar-refractivity contribution is 5.30. The summed E-state index contributed by atoms with van der Waals surface area (Å²) in [6.07, 6.45) is 6.26. The van der Waals surface area contributed by atoms with Gasteiger partial charge < -0.3 is 0 Å². The Kier molecular flexibility index (Phi) is 1.97. The van der Waals surface area contributed by atoms with E-state index in [-0.39, 0.29) is 6.54 Å². The fourth-order valence-electron chi connectivity index (χ4n) is 1.63. The molecule has 1 fully saturated rings. The molecule has 1 aliphatic carbocycles. The molecule has 3 rings (SSSR count). The van der Waals surface area contributed by atoms with Gasteiger partial charge in [-0.2, -0.15) is 4.98 Å². The fraction of sp³-hybridized carbons (Fsp3) is 0.444. The van der Waals surface area contributed by atoms with Gasteiger partial charge in [0.1, 0.15) is 0 Å². The minimum Gasteiger partial charge on any atom is -0.219 e. The van der Waals surface area contributed by atoms with Crippen LogP contribution in [0.4, 0.5) is 0 Å². The van der Waals surface area contributed by atoms with E-state index in [9.17, 15) is 0 Å². The molecule has 0 saturated heterocycles. The van der Waals surface area contributed by atoms with E-state index < -0.39 is 0 Å². The van der Waals surface area contributed by atoms with Gasteiger partial charge in [-0.3, -0.25) is 0 Å². The van der Waals surface area contributed by atoms with E-state index >= 15 is 0 Å². The van der Waals surface area contributed by atoms with Crippen molar-refractivity contribution in [1.82, 2.24) is 19.6 Å². The second kappa shape index (κ2) is 3.46. The number of aromatic nitrogens is 4. The Morgan fingerprint density at radius 1 is 1.56 bits per heavy atom. The molecule has 0 spiro atoms. The van der Waals surface area contributed by atoms with Crippen molar-refractivity contribution in [2.45, 2.75) is 25.3 Å². The summed E-state index contributed by atoms with van der Waals surface area (Å²) in [7, 11) is 0. The van der Waals surface area contributed by atoms with Crippen LogP contribution < -0.4 is 0 Å². The maximum atomic E-state index is 8.21. The lowest BCUT2D eigenvalue weighted by atomic mass is 10.2. The van der Waals surface area contributed by atoms with Gasteiger partial charge in [-0.15, -0.1) is 5.10 Å². The zero-order valence-electron chi connectivity index (χ0n) is 8.48. The van der Waals surface area contributed by atoms with Crippen LogP contribution >= 0.6 is 0 Å². The Labute approximate surface area is 90.8 Å². The van der Waals surface area contributed by atoms with Gasteiger partial charge >= 0.3 is 0 Å². The van der Waals surface area contributed by atoms with Crippen LogP contribution in [0.15, 0.2) is 17.5 Å². The maximum Gasteiger partial charge on any atom is 0.252 e. The highest BCUT2D eigenvalue weighted by atomic mass is 15.3. The first-order valence-corrected chi connectivity index (χ1v) is 5.09. The molecule has 0 unspecified atom stereocenters. The highest BCUT2D eigenvalue weighted by Crippen LogP contribution is 2.39. The molecule has 0 atom stereocenters. The Balaban J connectivity index is 1.99. The monoisotopic (exact) mass is 215 g/mol. The Hall–Kier alpha value is -2.14. The summed E-state index contributed by atoms with van der Waals surface area (Å²) in [6.45, 7) is 0.165. The zero-order valence-corrected chi connectivity index (χ0v) is 8.48. The topological polar surface area (TPSA) is 91.8 Å². The SMILES string of the molecule is [N-]=[N+]=NCc1nc2ncc(C3CC3)cn2n1. The molecular weight excluding hydrogens is 206 g/mol. The molecule has 0 aromatic carbocycles. The van der Waals surface area contributed by atoms with Crippen molar-refractivity contribution in [3.63, 3.8) is 0 Å². The van der Waals surface area contributed by atoms with Crippen molar-refractivity contribution in [1.29, 1.82) is 0 Å². The predicted octanol–water partition coefficient (Wildman–Crippen LogP) is 1.81. The molecule has 80 valence electrons.